The molecule has 0 spiro atoms. The maximum absolute atomic E-state index is 12.4. The number of hydrogen-bond donors (Lipinski definition) is 1. The first-order valence-corrected chi connectivity index (χ1v) is 9.77. The van der Waals surface area contributed by atoms with E-state index in [1.54, 1.807) is 36.4 Å². The van der Waals surface area contributed by atoms with Crippen molar-refractivity contribution in [3.05, 3.63) is 81.7 Å². The molecule has 1 heterocycles. The second-order valence-electron chi connectivity index (χ2n) is 6.72. The molecule has 0 saturated carbocycles. The Morgan fingerprint density at radius 1 is 1.16 bits per heavy atom. The van der Waals surface area contributed by atoms with Crippen molar-refractivity contribution in [2.24, 2.45) is 0 Å². The number of hydrogen-bond acceptors (Lipinski definition) is 6. The molecule has 2 aromatic carbocycles. The fourth-order valence-corrected chi connectivity index (χ4v) is 2.79. The average molecular weight is 416 g/mol. The number of nitrogens with one attached hydrogen (secondary N) is 1. The minimum Gasteiger partial charge on any atom is -0.423 e. The zero-order valence-electron chi connectivity index (χ0n) is 16.9. The standard InChI is InChI=1S/C24H20N2O5/c1-2-3-12-26-22(27)18(15-25)13-16-8-10-19(11-9-16)30-23(28)20-14-17-6-4-5-7-21(17)31-24(20)29/h4-11,13-14H,2-3,12H2,1H3,(H,26,27)/b18-13+. The van der Waals surface area contributed by atoms with Crippen molar-refractivity contribution in [3.63, 3.8) is 0 Å². The van der Waals surface area contributed by atoms with Gasteiger partial charge in [-0.05, 0) is 42.3 Å². The van der Waals surface area contributed by atoms with Crippen LogP contribution in [0.2, 0.25) is 0 Å². The predicted molar refractivity (Wildman–Crippen MR) is 115 cm³/mol. The Labute approximate surface area is 178 Å². The molecule has 0 aliphatic carbocycles. The minimum atomic E-state index is -0.837. The summed E-state index contributed by atoms with van der Waals surface area (Å²) in [6.45, 7) is 2.51. The summed E-state index contributed by atoms with van der Waals surface area (Å²) in [6, 6.07) is 16.4. The number of nitriles is 1. The lowest BCUT2D eigenvalue weighted by Crippen LogP contribution is -2.25. The summed E-state index contributed by atoms with van der Waals surface area (Å²) in [7, 11) is 0. The monoisotopic (exact) mass is 416 g/mol. The largest absolute Gasteiger partial charge is 0.423 e. The Kier molecular flexibility index (Phi) is 6.97. The van der Waals surface area contributed by atoms with Crippen LogP contribution in [-0.2, 0) is 4.79 Å². The number of carbonyl (C=O) groups is 2. The molecule has 0 unspecified atom stereocenters. The van der Waals surface area contributed by atoms with E-state index in [0.717, 1.165) is 12.8 Å². The van der Waals surface area contributed by atoms with Crippen LogP contribution in [0.1, 0.15) is 35.7 Å². The van der Waals surface area contributed by atoms with Crippen molar-refractivity contribution in [2.45, 2.75) is 19.8 Å². The van der Waals surface area contributed by atoms with Gasteiger partial charge in [-0.25, -0.2) is 9.59 Å². The molecular formula is C24H20N2O5. The normalized spacial score (nSPS) is 11.0. The zero-order chi connectivity index (χ0) is 22.2. The van der Waals surface area contributed by atoms with Gasteiger partial charge in [-0.2, -0.15) is 5.26 Å². The van der Waals surface area contributed by atoms with Gasteiger partial charge in [0.05, 0.1) is 0 Å². The van der Waals surface area contributed by atoms with Crippen molar-refractivity contribution in [1.82, 2.24) is 5.32 Å². The van der Waals surface area contributed by atoms with Crippen LogP contribution in [0.15, 0.2) is 69.4 Å². The second kappa shape index (κ2) is 10.0. The molecule has 3 rings (SSSR count). The van der Waals surface area contributed by atoms with Crippen LogP contribution in [0.4, 0.5) is 0 Å². The highest BCUT2D eigenvalue weighted by atomic mass is 16.5. The Hall–Kier alpha value is -4.18. The van der Waals surface area contributed by atoms with Gasteiger partial charge in [-0.3, -0.25) is 4.79 Å². The van der Waals surface area contributed by atoms with Crippen molar-refractivity contribution in [1.29, 1.82) is 5.26 Å². The van der Waals surface area contributed by atoms with E-state index in [1.807, 2.05) is 13.0 Å². The smallest absolute Gasteiger partial charge is 0.351 e. The number of unbranched alkanes of at least 4 members (excludes halogenated alkanes) is 1. The molecule has 0 fully saturated rings. The van der Waals surface area contributed by atoms with Gasteiger partial charge in [0, 0.05) is 11.9 Å². The van der Waals surface area contributed by atoms with E-state index in [9.17, 15) is 19.6 Å². The molecule has 156 valence electrons. The quantitative estimate of drug-likeness (QED) is 0.157. The van der Waals surface area contributed by atoms with E-state index in [1.165, 1.54) is 24.3 Å². The number of esters is 1. The highest BCUT2D eigenvalue weighted by Gasteiger charge is 2.16. The lowest BCUT2D eigenvalue weighted by atomic mass is 10.1. The van der Waals surface area contributed by atoms with Crippen molar-refractivity contribution < 1.29 is 18.7 Å². The predicted octanol–water partition coefficient (Wildman–Crippen LogP) is 3.84. The fourth-order valence-electron chi connectivity index (χ4n) is 2.79. The lowest BCUT2D eigenvalue weighted by molar-refractivity contribution is -0.117. The molecule has 0 bridgehead atoms. The van der Waals surface area contributed by atoms with Gasteiger partial charge in [0.25, 0.3) is 5.91 Å². The Bertz CT molecular complexity index is 1230. The van der Waals surface area contributed by atoms with E-state index in [0.29, 0.717) is 23.1 Å². The summed E-state index contributed by atoms with van der Waals surface area (Å²) in [6.07, 6.45) is 3.22. The van der Waals surface area contributed by atoms with Crippen LogP contribution >= 0.6 is 0 Å². The maximum Gasteiger partial charge on any atom is 0.351 e. The third-order valence-electron chi connectivity index (χ3n) is 4.44. The van der Waals surface area contributed by atoms with Gasteiger partial charge in [0.15, 0.2) is 0 Å². The molecule has 31 heavy (non-hydrogen) atoms. The third-order valence-corrected chi connectivity index (χ3v) is 4.44. The topological polar surface area (TPSA) is 109 Å². The highest BCUT2D eigenvalue weighted by molar-refractivity contribution is 6.01. The number of ether oxygens (including phenoxy) is 1. The number of amides is 1. The molecule has 0 radical (unpaired) electrons. The summed E-state index contributed by atoms with van der Waals surface area (Å²) >= 11 is 0. The summed E-state index contributed by atoms with van der Waals surface area (Å²) in [5, 5.41) is 12.5. The summed E-state index contributed by atoms with van der Waals surface area (Å²) in [4.78, 5) is 36.5. The fraction of sp³-hybridized carbons (Fsp3) is 0.167. The van der Waals surface area contributed by atoms with Crippen LogP contribution in [-0.4, -0.2) is 18.4 Å². The van der Waals surface area contributed by atoms with Gasteiger partial charge in [0.1, 0.15) is 28.5 Å². The van der Waals surface area contributed by atoms with Gasteiger partial charge in [-0.1, -0.05) is 43.7 Å². The molecule has 1 aromatic heterocycles. The van der Waals surface area contributed by atoms with Crippen molar-refractivity contribution in [2.75, 3.05) is 6.54 Å². The highest BCUT2D eigenvalue weighted by Crippen LogP contribution is 2.17. The van der Waals surface area contributed by atoms with Gasteiger partial charge in [0.2, 0.25) is 0 Å². The van der Waals surface area contributed by atoms with E-state index in [-0.39, 0.29) is 16.9 Å². The van der Waals surface area contributed by atoms with E-state index >= 15 is 0 Å². The van der Waals surface area contributed by atoms with Crippen LogP contribution in [0.5, 0.6) is 5.75 Å². The second-order valence-corrected chi connectivity index (χ2v) is 6.72. The van der Waals surface area contributed by atoms with Crippen molar-refractivity contribution in [3.8, 4) is 11.8 Å². The first kappa shape index (κ1) is 21.5. The summed E-state index contributed by atoms with van der Waals surface area (Å²) < 4.78 is 10.4. The number of carbonyl (C=O) groups excluding carboxylic acids is 2. The van der Waals surface area contributed by atoms with Crippen molar-refractivity contribution >= 4 is 28.9 Å². The molecule has 0 atom stereocenters. The van der Waals surface area contributed by atoms with Gasteiger partial charge < -0.3 is 14.5 Å². The number of para-hydroxylation sites is 1. The molecule has 0 aliphatic heterocycles. The molecule has 3 aromatic rings. The molecule has 1 N–H and O–H groups in total. The van der Waals surface area contributed by atoms with E-state index in [2.05, 4.69) is 5.32 Å². The summed E-state index contributed by atoms with van der Waals surface area (Å²) in [5.41, 5.74) is -0.0387. The van der Waals surface area contributed by atoms with Crippen LogP contribution in [0.25, 0.3) is 17.0 Å². The van der Waals surface area contributed by atoms with Crippen LogP contribution < -0.4 is 15.7 Å². The molecule has 0 aliphatic rings. The van der Waals surface area contributed by atoms with Gasteiger partial charge in [-0.15, -0.1) is 0 Å². The molecular weight excluding hydrogens is 396 g/mol. The van der Waals surface area contributed by atoms with Crippen LogP contribution in [0.3, 0.4) is 0 Å². The maximum atomic E-state index is 12.4. The van der Waals surface area contributed by atoms with E-state index < -0.39 is 17.5 Å². The number of rotatable bonds is 7. The lowest BCUT2D eigenvalue weighted by Gasteiger charge is -2.05. The van der Waals surface area contributed by atoms with Gasteiger partial charge >= 0.3 is 11.6 Å². The molecule has 7 heteroatoms. The zero-order valence-corrected chi connectivity index (χ0v) is 16.9. The Morgan fingerprint density at radius 2 is 1.90 bits per heavy atom. The van der Waals surface area contributed by atoms with E-state index in [4.69, 9.17) is 9.15 Å². The summed E-state index contributed by atoms with van der Waals surface area (Å²) in [5.74, 6) is -1.06. The van der Waals surface area contributed by atoms with Crippen LogP contribution in [0, 0.1) is 11.3 Å². The molecule has 0 saturated heterocycles. The minimum absolute atomic E-state index is 0.0189. The Balaban J connectivity index is 1.72. The first-order valence-electron chi connectivity index (χ1n) is 9.77. The SMILES string of the molecule is CCCCNC(=O)/C(C#N)=C/c1ccc(OC(=O)c2cc3ccccc3oc2=O)cc1. The number of nitrogens with zero attached hydrogens (tertiary/aromatic N) is 1. The molecule has 7 nitrogen and oxygen atoms in total. The average Bonchev–Trinajstić information content (AvgIpc) is 2.78. The molecule has 1 amide bonds. The number of fused-ring (bicyclic) bond motifs is 1. The first-order chi connectivity index (χ1) is 15.0. The Morgan fingerprint density at radius 3 is 2.61 bits per heavy atom. The number of benzene rings is 2. The third kappa shape index (κ3) is 5.46.